The smallest absolute Gasteiger partial charge is 0.141 e. The van der Waals surface area contributed by atoms with Crippen LogP contribution in [-0.4, -0.2) is 17.1 Å². The molecule has 3 nitrogen and oxygen atoms in total. The monoisotopic (exact) mass is 253 g/mol. The Morgan fingerprint density at radius 1 is 1.33 bits per heavy atom. The van der Waals surface area contributed by atoms with E-state index in [1.807, 2.05) is 0 Å². The van der Waals surface area contributed by atoms with Crippen LogP contribution < -0.4 is 10.6 Å². The summed E-state index contributed by atoms with van der Waals surface area (Å²) in [6, 6.07) is 1.54. The van der Waals surface area contributed by atoms with Gasteiger partial charge in [0.15, 0.2) is 0 Å². The van der Waals surface area contributed by atoms with Crippen LogP contribution in [0, 0.1) is 11.7 Å². The first kappa shape index (κ1) is 14.9. The molecule has 0 aliphatic carbocycles. The molecular formula is C14H24FN3. The van der Waals surface area contributed by atoms with Gasteiger partial charge in [-0.3, -0.25) is 0 Å². The number of aromatic nitrogens is 1. The van der Waals surface area contributed by atoms with Crippen LogP contribution in [0.4, 0.5) is 10.2 Å². The largest absolute Gasteiger partial charge is 0.365 e. The molecule has 4 heteroatoms. The first-order valence-corrected chi connectivity index (χ1v) is 6.41. The molecule has 1 aromatic heterocycles. The van der Waals surface area contributed by atoms with Crippen LogP contribution in [0.3, 0.4) is 0 Å². The van der Waals surface area contributed by atoms with E-state index in [1.54, 1.807) is 0 Å². The lowest BCUT2D eigenvalue weighted by molar-refractivity contribution is 0.547. The highest BCUT2D eigenvalue weighted by molar-refractivity contribution is 5.45. The van der Waals surface area contributed by atoms with Crippen molar-refractivity contribution in [3.63, 3.8) is 0 Å². The topological polar surface area (TPSA) is 37.0 Å². The van der Waals surface area contributed by atoms with Gasteiger partial charge in [-0.2, -0.15) is 0 Å². The molecule has 1 heterocycles. The van der Waals surface area contributed by atoms with Gasteiger partial charge in [0.2, 0.25) is 0 Å². The fraction of sp³-hybridized carbons (Fsp3) is 0.643. The minimum absolute atomic E-state index is 0.0857. The van der Waals surface area contributed by atoms with Crippen molar-refractivity contribution in [3.05, 3.63) is 23.6 Å². The normalized spacial score (nSPS) is 11.9. The van der Waals surface area contributed by atoms with Crippen LogP contribution in [0.15, 0.2) is 12.3 Å². The maximum Gasteiger partial charge on any atom is 0.141 e. The summed E-state index contributed by atoms with van der Waals surface area (Å²) in [5.41, 5.74) is 0.781. The van der Waals surface area contributed by atoms with E-state index in [9.17, 15) is 4.39 Å². The molecule has 0 aliphatic rings. The molecule has 102 valence electrons. The van der Waals surface area contributed by atoms with Gasteiger partial charge < -0.3 is 10.6 Å². The summed E-state index contributed by atoms with van der Waals surface area (Å²) < 4.78 is 13.2. The molecule has 0 unspecified atom stereocenters. The van der Waals surface area contributed by atoms with Gasteiger partial charge in [0.25, 0.3) is 0 Å². The third kappa shape index (κ3) is 5.45. The fourth-order valence-corrected chi connectivity index (χ4v) is 1.58. The summed E-state index contributed by atoms with van der Waals surface area (Å²) in [6.07, 6.45) is 1.25. The van der Waals surface area contributed by atoms with Gasteiger partial charge in [-0.05, 0) is 39.3 Å². The maximum absolute atomic E-state index is 13.2. The number of nitrogens with one attached hydrogen (secondary N) is 2. The molecule has 1 aromatic rings. The van der Waals surface area contributed by atoms with Crippen molar-refractivity contribution in [1.29, 1.82) is 0 Å². The van der Waals surface area contributed by atoms with Gasteiger partial charge in [-0.1, -0.05) is 13.8 Å². The molecule has 18 heavy (non-hydrogen) atoms. The van der Waals surface area contributed by atoms with E-state index in [1.165, 1.54) is 12.3 Å². The molecule has 0 bridgehead atoms. The van der Waals surface area contributed by atoms with Gasteiger partial charge in [-0.25, -0.2) is 9.37 Å². The number of anilines is 1. The van der Waals surface area contributed by atoms with Gasteiger partial charge in [0, 0.05) is 17.6 Å². The number of rotatable bonds is 5. The zero-order chi connectivity index (χ0) is 13.8. The van der Waals surface area contributed by atoms with Crippen LogP contribution in [0.2, 0.25) is 0 Å². The Bertz CT molecular complexity index is 383. The summed E-state index contributed by atoms with van der Waals surface area (Å²) >= 11 is 0. The van der Waals surface area contributed by atoms with E-state index >= 15 is 0 Å². The average Bonchev–Trinajstić information content (AvgIpc) is 2.19. The Kier molecular flexibility index (Phi) is 5.08. The van der Waals surface area contributed by atoms with Crippen molar-refractivity contribution in [2.75, 3.05) is 11.9 Å². The van der Waals surface area contributed by atoms with Crippen molar-refractivity contribution in [2.24, 2.45) is 5.92 Å². The Morgan fingerprint density at radius 3 is 2.56 bits per heavy atom. The number of nitrogens with zero attached hydrogens (tertiary/aromatic N) is 1. The summed E-state index contributed by atoms with van der Waals surface area (Å²) in [5.74, 6) is 1.03. The zero-order valence-corrected chi connectivity index (χ0v) is 12.0. The summed E-state index contributed by atoms with van der Waals surface area (Å²) in [5, 5.41) is 6.61. The molecule has 2 N–H and O–H groups in total. The van der Waals surface area contributed by atoms with Crippen molar-refractivity contribution in [3.8, 4) is 0 Å². The standard InChI is InChI=1S/C14H24FN3/c1-10(2)7-16-8-11-6-12(15)9-17-13(11)18-14(3,4)5/h6,9-10,16H,7-8H2,1-5H3,(H,17,18). The lowest BCUT2D eigenvalue weighted by Crippen LogP contribution is -2.28. The van der Waals surface area contributed by atoms with Crippen molar-refractivity contribution >= 4 is 5.82 Å². The SMILES string of the molecule is CC(C)CNCc1cc(F)cnc1NC(C)(C)C. The number of pyridine rings is 1. The molecule has 0 aromatic carbocycles. The Balaban J connectivity index is 2.77. The van der Waals surface area contributed by atoms with E-state index in [4.69, 9.17) is 0 Å². The molecule has 0 saturated heterocycles. The minimum Gasteiger partial charge on any atom is -0.365 e. The number of halogens is 1. The van der Waals surface area contributed by atoms with E-state index in [2.05, 4.69) is 50.2 Å². The molecule has 0 aliphatic heterocycles. The number of hydrogen-bond acceptors (Lipinski definition) is 3. The minimum atomic E-state index is -0.296. The summed E-state index contributed by atoms with van der Waals surface area (Å²) in [7, 11) is 0. The molecule has 0 saturated carbocycles. The van der Waals surface area contributed by atoms with E-state index in [-0.39, 0.29) is 11.4 Å². The van der Waals surface area contributed by atoms with Crippen LogP contribution in [0.25, 0.3) is 0 Å². The van der Waals surface area contributed by atoms with Crippen LogP contribution >= 0.6 is 0 Å². The molecule has 0 radical (unpaired) electrons. The summed E-state index contributed by atoms with van der Waals surface area (Å²) in [4.78, 5) is 4.14. The predicted octanol–water partition coefficient (Wildman–Crippen LogP) is 3.18. The third-order valence-corrected chi connectivity index (χ3v) is 2.29. The predicted molar refractivity (Wildman–Crippen MR) is 74.1 cm³/mol. The highest BCUT2D eigenvalue weighted by Gasteiger charge is 2.14. The third-order valence-electron chi connectivity index (χ3n) is 2.29. The Hall–Kier alpha value is -1.16. The molecule has 1 rings (SSSR count). The second kappa shape index (κ2) is 6.14. The van der Waals surface area contributed by atoms with Crippen molar-refractivity contribution in [1.82, 2.24) is 10.3 Å². The lowest BCUT2D eigenvalue weighted by Gasteiger charge is -2.23. The molecular weight excluding hydrogens is 229 g/mol. The van der Waals surface area contributed by atoms with E-state index < -0.39 is 0 Å². The Labute approximate surface area is 109 Å². The maximum atomic E-state index is 13.2. The number of hydrogen-bond donors (Lipinski definition) is 2. The van der Waals surface area contributed by atoms with Gasteiger partial charge in [0.05, 0.1) is 6.20 Å². The first-order chi connectivity index (χ1) is 8.28. The fourth-order valence-electron chi connectivity index (χ4n) is 1.58. The molecule has 0 spiro atoms. The average molecular weight is 253 g/mol. The van der Waals surface area contributed by atoms with E-state index in [0.29, 0.717) is 12.5 Å². The second-order valence-corrected chi connectivity index (χ2v) is 6.06. The quantitative estimate of drug-likeness (QED) is 0.846. The van der Waals surface area contributed by atoms with Gasteiger partial charge in [0.1, 0.15) is 11.6 Å². The highest BCUT2D eigenvalue weighted by atomic mass is 19.1. The summed E-state index contributed by atoms with van der Waals surface area (Å²) in [6.45, 7) is 12.0. The van der Waals surface area contributed by atoms with Crippen molar-refractivity contribution < 1.29 is 4.39 Å². The lowest BCUT2D eigenvalue weighted by atomic mass is 10.1. The van der Waals surface area contributed by atoms with Crippen LogP contribution in [0.5, 0.6) is 0 Å². The second-order valence-electron chi connectivity index (χ2n) is 6.06. The van der Waals surface area contributed by atoms with E-state index in [0.717, 1.165) is 17.9 Å². The zero-order valence-electron chi connectivity index (χ0n) is 12.0. The molecule has 0 amide bonds. The Morgan fingerprint density at radius 2 is 2.00 bits per heavy atom. The molecule has 0 fully saturated rings. The van der Waals surface area contributed by atoms with Crippen molar-refractivity contribution in [2.45, 2.75) is 46.7 Å². The van der Waals surface area contributed by atoms with Gasteiger partial charge >= 0.3 is 0 Å². The van der Waals surface area contributed by atoms with Gasteiger partial charge in [-0.15, -0.1) is 0 Å². The highest BCUT2D eigenvalue weighted by Crippen LogP contribution is 2.18. The molecule has 0 atom stereocenters. The van der Waals surface area contributed by atoms with Crippen LogP contribution in [0.1, 0.15) is 40.2 Å². The first-order valence-electron chi connectivity index (χ1n) is 6.41. The van der Waals surface area contributed by atoms with Crippen LogP contribution in [-0.2, 0) is 6.54 Å².